The van der Waals surface area contributed by atoms with Crippen molar-refractivity contribution in [1.82, 2.24) is 0 Å². The van der Waals surface area contributed by atoms with Crippen LogP contribution in [-0.2, 0) is 18.5 Å². The molecule has 0 radical (unpaired) electrons. The van der Waals surface area contributed by atoms with Crippen LogP contribution in [0.5, 0.6) is 0 Å². The number of rotatable bonds is 4. The summed E-state index contributed by atoms with van der Waals surface area (Å²) in [6.45, 7) is 1.90. The van der Waals surface area contributed by atoms with Gasteiger partial charge in [-0.2, -0.15) is 13.2 Å². The van der Waals surface area contributed by atoms with Gasteiger partial charge in [-0.05, 0) is 41.8 Å². The molecule has 0 atom stereocenters. The molecule has 5 heteroatoms. The summed E-state index contributed by atoms with van der Waals surface area (Å²) in [7, 11) is 0. The third kappa shape index (κ3) is 4.02. The minimum Gasteiger partial charge on any atom is -0.326 e. The second kappa shape index (κ2) is 6.54. The number of hydrogen-bond donors (Lipinski definition) is 1. The van der Waals surface area contributed by atoms with Gasteiger partial charge in [-0.1, -0.05) is 24.3 Å². The maximum Gasteiger partial charge on any atom is 0.416 e. The van der Waals surface area contributed by atoms with Crippen LogP contribution < -0.4 is 5.73 Å². The predicted molar refractivity (Wildman–Crippen MR) is 80.1 cm³/mol. The van der Waals surface area contributed by atoms with E-state index in [0.29, 0.717) is 0 Å². The number of aryl methyl sites for hydroxylation is 1. The molecule has 1 nitrogen and oxygen atoms in total. The zero-order chi connectivity index (χ0) is 15.5. The van der Waals surface area contributed by atoms with Crippen molar-refractivity contribution in [3.05, 3.63) is 64.7 Å². The summed E-state index contributed by atoms with van der Waals surface area (Å²) in [5, 5.41) is 0. The van der Waals surface area contributed by atoms with Crippen LogP contribution in [0.3, 0.4) is 0 Å². The molecular formula is C16H16F3NS. The summed E-state index contributed by atoms with van der Waals surface area (Å²) in [6, 6.07) is 12.1. The molecule has 112 valence electrons. The van der Waals surface area contributed by atoms with E-state index in [4.69, 9.17) is 5.73 Å². The van der Waals surface area contributed by atoms with E-state index in [0.717, 1.165) is 16.7 Å². The Morgan fingerprint density at radius 2 is 1.76 bits per heavy atom. The summed E-state index contributed by atoms with van der Waals surface area (Å²) in [4.78, 5) is 0.798. The van der Waals surface area contributed by atoms with E-state index in [2.05, 4.69) is 0 Å². The van der Waals surface area contributed by atoms with Crippen molar-refractivity contribution in [1.29, 1.82) is 0 Å². The van der Waals surface area contributed by atoms with Gasteiger partial charge in [0.1, 0.15) is 0 Å². The molecule has 0 amide bonds. The topological polar surface area (TPSA) is 26.0 Å². The lowest BCUT2D eigenvalue weighted by Crippen LogP contribution is -2.11. The fraction of sp³-hybridized carbons (Fsp3) is 0.250. The van der Waals surface area contributed by atoms with Gasteiger partial charge in [0.2, 0.25) is 0 Å². The highest BCUT2D eigenvalue weighted by atomic mass is 32.2. The second-order valence-corrected chi connectivity index (χ2v) is 5.78. The molecule has 0 aromatic heterocycles. The summed E-state index contributed by atoms with van der Waals surface area (Å²) in [5.74, 6) is 0.724. The number of hydrogen-bond acceptors (Lipinski definition) is 2. The molecule has 0 heterocycles. The fourth-order valence-corrected chi connectivity index (χ4v) is 3.07. The molecule has 0 aliphatic heterocycles. The van der Waals surface area contributed by atoms with Gasteiger partial charge in [0, 0.05) is 17.2 Å². The minimum atomic E-state index is -4.35. The Morgan fingerprint density at radius 1 is 1.05 bits per heavy atom. The molecule has 2 N–H and O–H groups in total. The van der Waals surface area contributed by atoms with Gasteiger partial charge >= 0.3 is 6.18 Å². The molecule has 0 saturated carbocycles. The van der Waals surface area contributed by atoms with Gasteiger partial charge in [-0.25, -0.2) is 0 Å². The van der Waals surface area contributed by atoms with Crippen molar-refractivity contribution in [2.75, 3.05) is 0 Å². The maximum absolute atomic E-state index is 12.8. The van der Waals surface area contributed by atoms with Crippen molar-refractivity contribution in [3.63, 3.8) is 0 Å². The Morgan fingerprint density at radius 3 is 2.38 bits per heavy atom. The van der Waals surface area contributed by atoms with Crippen molar-refractivity contribution in [3.8, 4) is 0 Å². The van der Waals surface area contributed by atoms with Crippen LogP contribution >= 0.6 is 11.8 Å². The first kappa shape index (κ1) is 15.9. The molecule has 0 aliphatic carbocycles. The Hall–Kier alpha value is -1.46. The van der Waals surface area contributed by atoms with Gasteiger partial charge in [0.05, 0.1) is 5.56 Å². The maximum atomic E-state index is 12.8. The Kier molecular flexibility index (Phi) is 4.96. The number of thioether (sulfide) groups is 1. The Labute approximate surface area is 126 Å². The quantitative estimate of drug-likeness (QED) is 0.824. The third-order valence-electron chi connectivity index (χ3n) is 3.26. The average Bonchev–Trinajstić information content (AvgIpc) is 2.45. The van der Waals surface area contributed by atoms with E-state index in [1.165, 1.54) is 35.0 Å². The van der Waals surface area contributed by atoms with Crippen LogP contribution in [0.15, 0.2) is 47.4 Å². The van der Waals surface area contributed by atoms with E-state index in [1.807, 2.05) is 31.2 Å². The average molecular weight is 311 g/mol. The highest BCUT2D eigenvalue weighted by Crippen LogP contribution is 2.34. The van der Waals surface area contributed by atoms with Crippen LogP contribution in [0.25, 0.3) is 0 Å². The smallest absolute Gasteiger partial charge is 0.326 e. The zero-order valence-corrected chi connectivity index (χ0v) is 12.4. The van der Waals surface area contributed by atoms with E-state index < -0.39 is 11.7 Å². The molecule has 21 heavy (non-hydrogen) atoms. The van der Waals surface area contributed by atoms with E-state index in [1.54, 1.807) is 0 Å². The highest BCUT2D eigenvalue weighted by molar-refractivity contribution is 7.98. The molecular weight excluding hydrogens is 295 g/mol. The van der Waals surface area contributed by atoms with E-state index >= 15 is 0 Å². The van der Waals surface area contributed by atoms with Crippen LogP contribution in [-0.4, -0.2) is 0 Å². The molecule has 2 rings (SSSR count). The standard InChI is InChI=1S/C16H16F3NS/c1-11-4-2-3-5-12(11)10-21-14-6-7-15(16(17,18)19)13(8-14)9-20/h2-8H,9-10,20H2,1H3. The minimum absolute atomic E-state index is 0.117. The molecule has 2 aromatic rings. The summed E-state index contributed by atoms with van der Waals surface area (Å²) in [6.07, 6.45) is -4.35. The van der Waals surface area contributed by atoms with Gasteiger partial charge < -0.3 is 5.73 Å². The van der Waals surface area contributed by atoms with Crippen LogP contribution in [0, 0.1) is 6.92 Å². The Balaban J connectivity index is 2.17. The number of alkyl halides is 3. The number of halogens is 3. The van der Waals surface area contributed by atoms with Crippen molar-refractivity contribution in [2.45, 2.75) is 30.3 Å². The largest absolute Gasteiger partial charge is 0.416 e. The van der Waals surface area contributed by atoms with Crippen molar-refractivity contribution in [2.24, 2.45) is 5.73 Å². The van der Waals surface area contributed by atoms with Crippen LogP contribution in [0.4, 0.5) is 13.2 Å². The zero-order valence-electron chi connectivity index (χ0n) is 11.6. The SMILES string of the molecule is Cc1ccccc1CSc1ccc(C(F)(F)F)c(CN)c1. The van der Waals surface area contributed by atoms with Crippen molar-refractivity contribution >= 4 is 11.8 Å². The number of nitrogens with two attached hydrogens (primary N) is 1. The summed E-state index contributed by atoms with van der Waals surface area (Å²) < 4.78 is 38.4. The lowest BCUT2D eigenvalue weighted by atomic mass is 10.1. The molecule has 2 aromatic carbocycles. The molecule has 0 bridgehead atoms. The van der Waals surface area contributed by atoms with Crippen molar-refractivity contribution < 1.29 is 13.2 Å². The second-order valence-electron chi connectivity index (χ2n) is 4.74. The monoisotopic (exact) mass is 311 g/mol. The third-order valence-corrected chi connectivity index (χ3v) is 4.30. The first-order valence-corrected chi connectivity index (χ1v) is 7.48. The van der Waals surface area contributed by atoms with Crippen LogP contribution in [0.2, 0.25) is 0 Å². The molecule has 0 spiro atoms. The summed E-state index contributed by atoms with van der Waals surface area (Å²) in [5.41, 5.74) is 7.28. The first-order valence-electron chi connectivity index (χ1n) is 6.49. The van der Waals surface area contributed by atoms with Crippen LogP contribution in [0.1, 0.15) is 22.3 Å². The highest BCUT2D eigenvalue weighted by Gasteiger charge is 2.32. The molecule has 0 fully saturated rings. The van der Waals surface area contributed by atoms with Gasteiger partial charge in [0.15, 0.2) is 0 Å². The molecule has 0 unspecified atom stereocenters. The van der Waals surface area contributed by atoms with E-state index in [9.17, 15) is 13.2 Å². The normalized spacial score (nSPS) is 11.7. The Bertz CT molecular complexity index is 623. The summed E-state index contributed by atoms with van der Waals surface area (Å²) >= 11 is 1.51. The lowest BCUT2D eigenvalue weighted by molar-refractivity contribution is -0.138. The predicted octanol–water partition coefficient (Wildman–Crippen LogP) is 4.76. The lowest BCUT2D eigenvalue weighted by Gasteiger charge is -2.13. The molecule has 0 aliphatic rings. The first-order chi connectivity index (χ1) is 9.91. The van der Waals surface area contributed by atoms with E-state index in [-0.39, 0.29) is 12.1 Å². The molecule has 0 saturated heterocycles. The van der Waals surface area contributed by atoms with Gasteiger partial charge in [0.25, 0.3) is 0 Å². The van der Waals surface area contributed by atoms with Gasteiger partial charge in [-0.3, -0.25) is 0 Å². The fourth-order valence-electron chi connectivity index (χ4n) is 2.04. The van der Waals surface area contributed by atoms with Gasteiger partial charge in [-0.15, -0.1) is 11.8 Å². The number of benzene rings is 2.